The summed E-state index contributed by atoms with van der Waals surface area (Å²) in [4.78, 5) is 22.7. The van der Waals surface area contributed by atoms with Crippen LogP contribution in [0.15, 0.2) is 97.1 Å². The van der Waals surface area contributed by atoms with Crippen molar-refractivity contribution in [2.75, 3.05) is 62.2 Å². The minimum atomic E-state index is -0.307. The van der Waals surface area contributed by atoms with Gasteiger partial charge in [0.2, 0.25) is 11.9 Å². The highest BCUT2D eigenvalue weighted by Crippen LogP contribution is 2.31. The second-order valence-electron chi connectivity index (χ2n) is 11.2. The van der Waals surface area contributed by atoms with Gasteiger partial charge >= 0.3 is 0 Å². The SMILES string of the molecule is Fc1cccc2c(-c3ccccc3)nc(N3CCNCC3)nc12.Fc1cccc2c(-c3ccccc3)nc(N3CCNCC3)nc12. The Hall–Kier alpha value is -5.06. The number of hydrogen-bond acceptors (Lipinski definition) is 8. The van der Waals surface area contributed by atoms with Crippen LogP contribution in [0.2, 0.25) is 0 Å². The fourth-order valence-electron chi connectivity index (χ4n) is 5.86. The van der Waals surface area contributed by atoms with Crippen LogP contribution in [0.25, 0.3) is 44.3 Å². The molecule has 46 heavy (non-hydrogen) atoms. The Bertz CT molecular complexity index is 1800. The second-order valence-corrected chi connectivity index (χ2v) is 11.2. The summed E-state index contributed by atoms with van der Waals surface area (Å²) >= 11 is 0. The van der Waals surface area contributed by atoms with Gasteiger partial charge in [-0.15, -0.1) is 0 Å². The molecule has 4 heterocycles. The molecule has 0 unspecified atom stereocenters. The van der Waals surface area contributed by atoms with Crippen LogP contribution in [0.1, 0.15) is 0 Å². The summed E-state index contributed by atoms with van der Waals surface area (Å²) in [6.07, 6.45) is 0. The topological polar surface area (TPSA) is 82.1 Å². The fourth-order valence-corrected chi connectivity index (χ4v) is 5.86. The smallest absolute Gasteiger partial charge is 0.226 e. The number of nitrogens with one attached hydrogen (secondary N) is 2. The first-order valence-corrected chi connectivity index (χ1v) is 15.6. The van der Waals surface area contributed by atoms with Crippen LogP contribution in [0.5, 0.6) is 0 Å². The molecule has 2 aromatic heterocycles. The zero-order valence-electron chi connectivity index (χ0n) is 25.3. The van der Waals surface area contributed by atoms with E-state index in [-0.39, 0.29) is 11.6 Å². The van der Waals surface area contributed by atoms with Crippen LogP contribution >= 0.6 is 0 Å². The third-order valence-corrected chi connectivity index (χ3v) is 8.23. The minimum Gasteiger partial charge on any atom is -0.338 e. The Balaban J connectivity index is 0.000000147. The van der Waals surface area contributed by atoms with E-state index in [2.05, 4.69) is 30.4 Å². The first kappa shape index (κ1) is 29.6. The Kier molecular flexibility index (Phi) is 8.71. The van der Waals surface area contributed by atoms with Gasteiger partial charge in [0.15, 0.2) is 0 Å². The molecule has 8 rings (SSSR count). The Morgan fingerprint density at radius 3 is 1.24 bits per heavy atom. The molecule has 0 spiro atoms. The van der Waals surface area contributed by atoms with E-state index in [9.17, 15) is 8.78 Å². The standard InChI is InChI=1S/2C18H17FN4/c2*19-15-8-4-7-14-16(13-5-2-1-3-6-13)21-18(22-17(14)15)23-11-9-20-10-12-23/h2*1-8,20H,9-12H2. The lowest BCUT2D eigenvalue weighted by molar-refractivity contribution is 0.580. The molecule has 8 nitrogen and oxygen atoms in total. The molecule has 10 heteroatoms. The highest BCUT2D eigenvalue weighted by Gasteiger charge is 2.20. The number of rotatable bonds is 4. The summed E-state index contributed by atoms with van der Waals surface area (Å²) < 4.78 is 28.6. The molecule has 2 saturated heterocycles. The molecule has 0 aliphatic carbocycles. The third kappa shape index (κ3) is 6.22. The molecule has 0 atom stereocenters. The van der Waals surface area contributed by atoms with Crippen molar-refractivity contribution in [1.29, 1.82) is 0 Å². The van der Waals surface area contributed by atoms with Gasteiger partial charge in [-0.05, 0) is 12.1 Å². The lowest BCUT2D eigenvalue weighted by Gasteiger charge is -2.28. The largest absolute Gasteiger partial charge is 0.338 e. The predicted molar refractivity (Wildman–Crippen MR) is 180 cm³/mol. The van der Waals surface area contributed by atoms with E-state index in [1.54, 1.807) is 12.1 Å². The molecule has 4 aromatic carbocycles. The van der Waals surface area contributed by atoms with Gasteiger partial charge in [-0.1, -0.05) is 84.9 Å². The maximum Gasteiger partial charge on any atom is 0.226 e. The fraction of sp³-hybridized carbons (Fsp3) is 0.222. The highest BCUT2D eigenvalue weighted by atomic mass is 19.1. The predicted octanol–water partition coefficient (Wildman–Crippen LogP) is 5.69. The number of hydrogen-bond donors (Lipinski definition) is 2. The summed E-state index contributed by atoms with van der Waals surface area (Å²) in [5, 5.41) is 8.11. The maximum absolute atomic E-state index is 14.3. The average molecular weight is 617 g/mol. The van der Waals surface area contributed by atoms with Gasteiger partial charge in [0.1, 0.15) is 22.7 Å². The van der Waals surface area contributed by atoms with Crippen LogP contribution in [-0.4, -0.2) is 72.3 Å². The zero-order chi connectivity index (χ0) is 31.3. The molecule has 2 aliphatic rings. The molecule has 6 aromatic rings. The van der Waals surface area contributed by atoms with Gasteiger partial charge in [-0.25, -0.2) is 28.7 Å². The number of halogens is 2. The average Bonchev–Trinajstić information content (AvgIpc) is 3.13. The van der Waals surface area contributed by atoms with Gasteiger partial charge in [0.25, 0.3) is 0 Å². The Morgan fingerprint density at radius 1 is 0.457 bits per heavy atom. The summed E-state index contributed by atoms with van der Waals surface area (Å²) in [6.45, 7) is 6.86. The maximum atomic E-state index is 14.3. The van der Waals surface area contributed by atoms with Crippen molar-refractivity contribution in [2.24, 2.45) is 0 Å². The summed E-state index contributed by atoms with van der Waals surface area (Å²) in [5.74, 6) is 0.586. The molecule has 0 bridgehead atoms. The number of aromatic nitrogens is 4. The summed E-state index contributed by atoms with van der Waals surface area (Å²) in [7, 11) is 0. The molecule has 0 saturated carbocycles. The van der Waals surface area contributed by atoms with E-state index in [0.717, 1.165) is 85.6 Å². The monoisotopic (exact) mass is 616 g/mol. The van der Waals surface area contributed by atoms with Gasteiger partial charge in [0, 0.05) is 74.3 Å². The van der Waals surface area contributed by atoms with Gasteiger partial charge in [0.05, 0.1) is 11.4 Å². The van der Waals surface area contributed by atoms with Gasteiger partial charge in [-0.2, -0.15) is 0 Å². The van der Waals surface area contributed by atoms with Crippen LogP contribution < -0.4 is 20.4 Å². The lowest BCUT2D eigenvalue weighted by Crippen LogP contribution is -2.44. The Labute approximate surface area is 266 Å². The van der Waals surface area contributed by atoms with Crippen LogP contribution in [0.3, 0.4) is 0 Å². The van der Waals surface area contributed by atoms with E-state index in [0.29, 0.717) is 22.9 Å². The van der Waals surface area contributed by atoms with E-state index in [1.165, 1.54) is 12.1 Å². The molecule has 2 N–H and O–H groups in total. The number of piperazine rings is 2. The van der Waals surface area contributed by atoms with Crippen molar-refractivity contribution in [1.82, 2.24) is 30.6 Å². The number of nitrogens with zero attached hydrogens (tertiary/aromatic N) is 6. The molecule has 0 radical (unpaired) electrons. The van der Waals surface area contributed by atoms with E-state index < -0.39 is 0 Å². The second kappa shape index (κ2) is 13.5. The number of fused-ring (bicyclic) bond motifs is 2. The lowest BCUT2D eigenvalue weighted by atomic mass is 10.1. The van der Waals surface area contributed by atoms with Crippen molar-refractivity contribution in [3.8, 4) is 22.5 Å². The molecular formula is C36H34F2N8. The van der Waals surface area contributed by atoms with Crippen molar-refractivity contribution < 1.29 is 8.78 Å². The van der Waals surface area contributed by atoms with Crippen molar-refractivity contribution in [3.63, 3.8) is 0 Å². The van der Waals surface area contributed by atoms with Crippen molar-refractivity contribution >= 4 is 33.7 Å². The molecule has 232 valence electrons. The highest BCUT2D eigenvalue weighted by molar-refractivity contribution is 5.94. The van der Waals surface area contributed by atoms with Crippen molar-refractivity contribution in [3.05, 3.63) is 109 Å². The molecule has 0 amide bonds. The quantitative estimate of drug-likeness (QED) is 0.262. The normalized spacial score (nSPS) is 15.1. The number of anilines is 2. The summed E-state index contributed by atoms with van der Waals surface area (Å²) in [5.41, 5.74) is 4.28. The van der Waals surface area contributed by atoms with Crippen LogP contribution in [0, 0.1) is 11.6 Å². The van der Waals surface area contributed by atoms with E-state index >= 15 is 0 Å². The van der Waals surface area contributed by atoms with Gasteiger partial charge in [-0.3, -0.25) is 0 Å². The minimum absolute atomic E-state index is 0.307. The number of benzene rings is 4. The van der Waals surface area contributed by atoms with Crippen molar-refractivity contribution in [2.45, 2.75) is 0 Å². The number of para-hydroxylation sites is 2. The van der Waals surface area contributed by atoms with E-state index in [4.69, 9.17) is 9.97 Å². The first-order chi connectivity index (χ1) is 22.7. The zero-order valence-corrected chi connectivity index (χ0v) is 25.3. The first-order valence-electron chi connectivity index (χ1n) is 15.6. The molecule has 2 fully saturated rings. The van der Waals surface area contributed by atoms with Crippen LogP contribution in [-0.2, 0) is 0 Å². The molecular weight excluding hydrogens is 582 g/mol. The van der Waals surface area contributed by atoms with Gasteiger partial charge < -0.3 is 20.4 Å². The van der Waals surface area contributed by atoms with Crippen LogP contribution in [0.4, 0.5) is 20.7 Å². The van der Waals surface area contributed by atoms with E-state index in [1.807, 2.05) is 72.8 Å². The third-order valence-electron chi connectivity index (χ3n) is 8.23. The molecule has 2 aliphatic heterocycles. The Morgan fingerprint density at radius 2 is 0.848 bits per heavy atom. The summed E-state index contributed by atoms with van der Waals surface area (Å²) in [6, 6.07) is 29.8.